The zero-order chi connectivity index (χ0) is 25.2. The number of methoxy groups -OCH3 is 2. The molecule has 0 atom stereocenters. The number of amides is 3. The van der Waals surface area contributed by atoms with Crippen LogP contribution in [0.25, 0.3) is 0 Å². The van der Waals surface area contributed by atoms with Gasteiger partial charge in [-0.2, -0.15) is 0 Å². The van der Waals surface area contributed by atoms with Crippen LogP contribution >= 0.6 is 0 Å². The summed E-state index contributed by atoms with van der Waals surface area (Å²) in [6.45, 7) is 0.714. The Hall–Kier alpha value is -4.08. The van der Waals surface area contributed by atoms with E-state index in [1.165, 1.54) is 38.2 Å². The summed E-state index contributed by atoms with van der Waals surface area (Å²) in [4.78, 5) is 52.7. The lowest BCUT2D eigenvalue weighted by Crippen LogP contribution is -2.61. The van der Waals surface area contributed by atoms with Gasteiger partial charge in [-0.25, -0.2) is 4.79 Å². The summed E-state index contributed by atoms with van der Waals surface area (Å²) in [6.07, 6.45) is 2.67. The number of nitrogens with one attached hydrogen (secondary N) is 2. The molecule has 0 radical (unpaired) electrons. The smallest absolute Gasteiger partial charge is 0.340 e. The van der Waals surface area contributed by atoms with Crippen LogP contribution in [0.15, 0.2) is 36.4 Å². The van der Waals surface area contributed by atoms with Gasteiger partial charge in [0.25, 0.3) is 11.8 Å². The second-order valence-corrected chi connectivity index (χ2v) is 8.45. The average Bonchev–Trinajstić information content (AvgIpc) is 3.33. The van der Waals surface area contributed by atoms with Crippen LogP contribution in [0.5, 0.6) is 11.5 Å². The van der Waals surface area contributed by atoms with Crippen molar-refractivity contribution in [2.75, 3.05) is 36.4 Å². The van der Waals surface area contributed by atoms with Crippen LogP contribution in [-0.4, -0.2) is 50.1 Å². The molecule has 1 aliphatic carbocycles. The third-order valence-electron chi connectivity index (χ3n) is 6.31. The minimum absolute atomic E-state index is 0.00184. The first-order chi connectivity index (χ1) is 16.8. The summed E-state index contributed by atoms with van der Waals surface area (Å²) < 4.78 is 15.9. The number of carbonyl (C=O) groups excluding carboxylic acids is 4. The van der Waals surface area contributed by atoms with Crippen molar-refractivity contribution < 1.29 is 33.4 Å². The van der Waals surface area contributed by atoms with E-state index in [1.807, 2.05) is 0 Å². The first kappa shape index (κ1) is 24.1. The van der Waals surface area contributed by atoms with E-state index in [-0.39, 0.29) is 22.9 Å². The zero-order valence-electron chi connectivity index (χ0n) is 19.8. The normalized spacial score (nSPS) is 15.7. The maximum atomic E-state index is 13.4. The number of hydrogen-bond donors (Lipinski definition) is 2. The Labute approximate surface area is 202 Å². The summed E-state index contributed by atoms with van der Waals surface area (Å²) in [5.41, 5.74) is 0.242. The second-order valence-electron chi connectivity index (χ2n) is 8.45. The first-order valence-electron chi connectivity index (χ1n) is 11.2. The van der Waals surface area contributed by atoms with Crippen LogP contribution in [0.4, 0.5) is 17.1 Å². The molecule has 2 N–H and O–H groups in total. The predicted molar refractivity (Wildman–Crippen MR) is 128 cm³/mol. The van der Waals surface area contributed by atoms with Gasteiger partial charge in [0.15, 0.2) is 18.1 Å². The van der Waals surface area contributed by atoms with Crippen molar-refractivity contribution in [1.82, 2.24) is 0 Å². The summed E-state index contributed by atoms with van der Waals surface area (Å²) >= 11 is 0. The molecular weight excluding hydrogens is 454 g/mol. The lowest BCUT2D eigenvalue weighted by Gasteiger charge is -2.44. The van der Waals surface area contributed by atoms with Crippen molar-refractivity contribution in [3.8, 4) is 11.5 Å². The van der Waals surface area contributed by atoms with Gasteiger partial charge in [-0.05, 0) is 25.0 Å². The quantitative estimate of drug-likeness (QED) is 0.608. The molecule has 0 unspecified atom stereocenters. The lowest BCUT2D eigenvalue weighted by atomic mass is 9.90. The number of esters is 1. The summed E-state index contributed by atoms with van der Waals surface area (Å²) in [5.74, 6) is -1.42. The van der Waals surface area contributed by atoms with Crippen molar-refractivity contribution in [2.45, 2.75) is 38.1 Å². The molecule has 1 fully saturated rings. The molecule has 2 aliphatic rings. The molecule has 184 valence electrons. The molecular formula is C25H27N3O7. The highest BCUT2D eigenvalue weighted by molar-refractivity contribution is 6.15. The Morgan fingerprint density at radius 3 is 2.37 bits per heavy atom. The van der Waals surface area contributed by atoms with Crippen LogP contribution in [0.2, 0.25) is 0 Å². The molecule has 0 saturated heterocycles. The number of carbonyl (C=O) groups is 4. The number of hydrogen-bond acceptors (Lipinski definition) is 7. The van der Waals surface area contributed by atoms with Crippen LogP contribution in [0.3, 0.4) is 0 Å². The second kappa shape index (κ2) is 9.65. The van der Waals surface area contributed by atoms with Gasteiger partial charge >= 0.3 is 5.97 Å². The number of nitrogens with zero attached hydrogens (tertiary/aromatic N) is 1. The summed E-state index contributed by atoms with van der Waals surface area (Å²) in [6, 6.07) is 9.86. The summed E-state index contributed by atoms with van der Waals surface area (Å²) in [5, 5.41) is 5.48. The highest BCUT2D eigenvalue weighted by Gasteiger charge is 2.52. The van der Waals surface area contributed by atoms with Gasteiger partial charge in [-0.1, -0.05) is 25.0 Å². The number of para-hydroxylation sites is 2. The number of benzene rings is 2. The molecule has 35 heavy (non-hydrogen) atoms. The minimum atomic E-state index is -1.01. The van der Waals surface area contributed by atoms with Crippen molar-refractivity contribution in [3.63, 3.8) is 0 Å². The number of anilines is 3. The van der Waals surface area contributed by atoms with E-state index < -0.39 is 29.9 Å². The van der Waals surface area contributed by atoms with Crippen LogP contribution in [0.1, 0.15) is 43.0 Å². The molecule has 0 bridgehead atoms. The molecule has 0 aromatic heterocycles. The Bertz CT molecular complexity index is 1190. The maximum Gasteiger partial charge on any atom is 0.340 e. The minimum Gasteiger partial charge on any atom is -0.493 e. The molecule has 2 aromatic rings. The Kier molecular flexibility index (Phi) is 6.63. The van der Waals surface area contributed by atoms with E-state index in [2.05, 4.69) is 10.6 Å². The molecule has 10 heteroatoms. The van der Waals surface area contributed by atoms with E-state index in [1.54, 1.807) is 24.3 Å². The van der Waals surface area contributed by atoms with E-state index in [0.29, 0.717) is 30.0 Å². The molecule has 1 saturated carbocycles. The molecule has 10 nitrogen and oxygen atoms in total. The van der Waals surface area contributed by atoms with E-state index in [0.717, 1.165) is 12.8 Å². The molecule has 4 rings (SSSR count). The van der Waals surface area contributed by atoms with E-state index in [4.69, 9.17) is 14.2 Å². The summed E-state index contributed by atoms with van der Waals surface area (Å²) in [7, 11) is 2.84. The number of ether oxygens (including phenoxy) is 3. The van der Waals surface area contributed by atoms with Gasteiger partial charge in [0.2, 0.25) is 5.91 Å². The Morgan fingerprint density at radius 2 is 1.71 bits per heavy atom. The van der Waals surface area contributed by atoms with E-state index >= 15 is 0 Å². The highest BCUT2D eigenvalue weighted by Crippen LogP contribution is 2.45. The van der Waals surface area contributed by atoms with Crippen molar-refractivity contribution in [3.05, 3.63) is 42.0 Å². The van der Waals surface area contributed by atoms with Crippen molar-refractivity contribution in [1.29, 1.82) is 0 Å². The van der Waals surface area contributed by atoms with Crippen LogP contribution in [0, 0.1) is 0 Å². The van der Waals surface area contributed by atoms with Crippen molar-refractivity contribution >= 4 is 40.8 Å². The molecule has 3 amide bonds. The average molecular weight is 482 g/mol. The monoisotopic (exact) mass is 481 g/mol. The molecule has 1 spiro atoms. The lowest BCUT2D eigenvalue weighted by molar-refractivity contribution is -0.129. The van der Waals surface area contributed by atoms with Gasteiger partial charge in [-0.3, -0.25) is 19.3 Å². The van der Waals surface area contributed by atoms with Crippen LogP contribution < -0.4 is 25.0 Å². The van der Waals surface area contributed by atoms with Gasteiger partial charge in [0.05, 0.1) is 36.8 Å². The first-order valence-corrected chi connectivity index (χ1v) is 11.2. The van der Waals surface area contributed by atoms with Gasteiger partial charge in [0.1, 0.15) is 5.54 Å². The zero-order valence-corrected chi connectivity index (χ0v) is 19.8. The third kappa shape index (κ3) is 4.39. The molecule has 1 aliphatic heterocycles. The number of rotatable bonds is 6. The topological polar surface area (TPSA) is 123 Å². The highest BCUT2D eigenvalue weighted by atomic mass is 16.5. The Morgan fingerprint density at radius 1 is 1.06 bits per heavy atom. The fourth-order valence-electron chi connectivity index (χ4n) is 4.74. The fraction of sp³-hybridized carbons (Fsp3) is 0.360. The fourth-order valence-corrected chi connectivity index (χ4v) is 4.74. The largest absolute Gasteiger partial charge is 0.493 e. The van der Waals surface area contributed by atoms with Gasteiger partial charge in [-0.15, -0.1) is 0 Å². The van der Waals surface area contributed by atoms with Crippen LogP contribution in [-0.2, 0) is 19.1 Å². The predicted octanol–water partition coefficient (Wildman–Crippen LogP) is 3.12. The van der Waals surface area contributed by atoms with Gasteiger partial charge in [0, 0.05) is 19.1 Å². The van der Waals surface area contributed by atoms with Crippen molar-refractivity contribution in [2.24, 2.45) is 0 Å². The number of fused-ring (bicyclic) bond motifs is 1. The third-order valence-corrected chi connectivity index (χ3v) is 6.31. The maximum absolute atomic E-state index is 13.4. The molecule has 2 aromatic carbocycles. The molecule has 1 heterocycles. The van der Waals surface area contributed by atoms with Gasteiger partial charge < -0.3 is 24.8 Å². The Balaban J connectivity index is 1.61. The van der Waals surface area contributed by atoms with E-state index in [9.17, 15) is 19.2 Å². The SMILES string of the molecule is COc1cc(NC(C)=O)c(C(=O)OCC(=O)N2c3ccccc3NC(=O)C23CCCC3)cc1OC. The standard InChI is InChI=1S/C25H27N3O7/c1-15(29)26-18-13-21(34-3)20(33-2)12-16(18)23(31)35-14-22(30)28-19-9-5-4-8-17(19)27-24(32)25(28)10-6-7-11-25/h4-5,8-9,12-13H,6-7,10-11,14H2,1-3H3,(H,26,29)(H,27,32).